The van der Waals surface area contributed by atoms with Crippen LogP contribution in [0.3, 0.4) is 0 Å². The van der Waals surface area contributed by atoms with E-state index in [1.54, 1.807) is 12.1 Å². The second kappa shape index (κ2) is 6.96. The van der Waals surface area contributed by atoms with Crippen LogP contribution in [0, 0.1) is 5.92 Å². The Bertz CT molecular complexity index is 334. The van der Waals surface area contributed by atoms with E-state index >= 15 is 0 Å². The molecule has 0 aliphatic rings. The first kappa shape index (κ1) is 13.6. The highest BCUT2D eigenvalue weighted by Crippen LogP contribution is 2.12. The lowest BCUT2D eigenvalue weighted by molar-refractivity contribution is 0.158. The third-order valence-electron chi connectivity index (χ3n) is 2.33. The van der Waals surface area contributed by atoms with Crippen LogP contribution in [0.1, 0.15) is 32.1 Å². The highest BCUT2D eigenvalue weighted by molar-refractivity contribution is 5.77. The first-order valence-corrected chi connectivity index (χ1v) is 5.85. The lowest BCUT2D eigenvalue weighted by Crippen LogP contribution is -2.33. The van der Waals surface area contributed by atoms with Gasteiger partial charge in [0.25, 0.3) is 0 Å². The molecule has 96 valence electrons. The van der Waals surface area contributed by atoms with Crippen molar-refractivity contribution in [3.8, 4) is 0 Å². The number of nitrogens with two attached hydrogens (primary N) is 1. The van der Waals surface area contributed by atoms with Crippen LogP contribution < -0.4 is 11.1 Å². The van der Waals surface area contributed by atoms with Crippen molar-refractivity contribution >= 4 is 5.96 Å². The number of rotatable bonds is 6. The van der Waals surface area contributed by atoms with Gasteiger partial charge in [0, 0.05) is 6.54 Å². The molecule has 0 saturated carbocycles. The van der Waals surface area contributed by atoms with Crippen molar-refractivity contribution in [3.63, 3.8) is 0 Å². The average molecular weight is 239 g/mol. The summed E-state index contributed by atoms with van der Waals surface area (Å²) in [5.74, 6) is 1.49. The predicted molar refractivity (Wildman–Crippen MR) is 67.6 cm³/mol. The molecule has 0 radical (unpaired) electrons. The lowest BCUT2D eigenvalue weighted by atomic mass is 10.1. The van der Waals surface area contributed by atoms with E-state index in [1.165, 1.54) is 6.26 Å². The summed E-state index contributed by atoms with van der Waals surface area (Å²) in [5, 5.41) is 12.7. The maximum Gasteiger partial charge on any atom is 0.188 e. The van der Waals surface area contributed by atoms with Crippen molar-refractivity contribution in [3.05, 3.63) is 24.2 Å². The zero-order valence-corrected chi connectivity index (χ0v) is 10.4. The van der Waals surface area contributed by atoms with E-state index in [2.05, 4.69) is 24.2 Å². The monoisotopic (exact) mass is 239 g/mol. The first-order valence-electron chi connectivity index (χ1n) is 5.85. The fraction of sp³-hybridized carbons (Fsp3) is 0.583. The molecule has 0 spiro atoms. The van der Waals surface area contributed by atoms with Crippen LogP contribution in [0.25, 0.3) is 0 Å². The zero-order valence-electron chi connectivity index (χ0n) is 10.4. The fourth-order valence-corrected chi connectivity index (χ4v) is 1.30. The molecule has 1 heterocycles. The number of guanidine groups is 1. The van der Waals surface area contributed by atoms with E-state index in [9.17, 15) is 5.11 Å². The van der Waals surface area contributed by atoms with Gasteiger partial charge in [0.05, 0.1) is 12.8 Å². The molecule has 1 atom stereocenters. The Morgan fingerprint density at radius 3 is 2.94 bits per heavy atom. The molecule has 0 aliphatic carbocycles. The molecule has 0 fully saturated rings. The number of hydrogen-bond donors (Lipinski definition) is 3. The van der Waals surface area contributed by atoms with Crippen LogP contribution in [0.5, 0.6) is 0 Å². The molecule has 0 amide bonds. The summed E-state index contributed by atoms with van der Waals surface area (Å²) < 4.78 is 5.06. The topological polar surface area (TPSA) is 83.8 Å². The summed E-state index contributed by atoms with van der Waals surface area (Å²) >= 11 is 0. The van der Waals surface area contributed by atoms with Gasteiger partial charge in [-0.25, -0.2) is 0 Å². The van der Waals surface area contributed by atoms with Crippen molar-refractivity contribution in [2.45, 2.75) is 26.4 Å². The van der Waals surface area contributed by atoms with Gasteiger partial charge >= 0.3 is 0 Å². The standard InChI is InChI=1S/C12H21N3O2/c1-9(2)5-6-14-12(13)15-8-10(16)11-4-3-7-17-11/h3-4,7,9-10,16H,5-6,8H2,1-2H3,(H3,13,14,15). The normalized spacial score (nSPS) is 14.0. The van der Waals surface area contributed by atoms with E-state index in [4.69, 9.17) is 10.2 Å². The summed E-state index contributed by atoms with van der Waals surface area (Å²) in [4.78, 5) is 4.05. The largest absolute Gasteiger partial charge is 0.467 e. The highest BCUT2D eigenvalue weighted by Gasteiger charge is 2.09. The van der Waals surface area contributed by atoms with Crippen LogP contribution >= 0.6 is 0 Å². The van der Waals surface area contributed by atoms with Crippen molar-refractivity contribution in [2.75, 3.05) is 13.1 Å². The van der Waals surface area contributed by atoms with Crippen LogP contribution in [0.15, 0.2) is 27.8 Å². The molecule has 0 bridgehead atoms. The molecular formula is C12H21N3O2. The lowest BCUT2D eigenvalue weighted by Gasteiger charge is -2.08. The van der Waals surface area contributed by atoms with E-state index in [0.29, 0.717) is 17.6 Å². The Kier molecular flexibility index (Phi) is 5.56. The number of nitrogens with one attached hydrogen (secondary N) is 1. The van der Waals surface area contributed by atoms with Gasteiger partial charge in [0.1, 0.15) is 11.9 Å². The summed E-state index contributed by atoms with van der Waals surface area (Å²) in [6.45, 7) is 5.29. The van der Waals surface area contributed by atoms with Crippen molar-refractivity contribution in [1.82, 2.24) is 5.32 Å². The van der Waals surface area contributed by atoms with Crippen LogP contribution in [-0.2, 0) is 0 Å². The van der Waals surface area contributed by atoms with Gasteiger partial charge in [0.15, 0.2) is 5.96 Å². The third kappa shape index (κ3) is 5.40. The van der Waals surface area contributed by atoms with Crippen LogP contribution in [-0.4, -0.2) is 24.2 Å². The molecule has 17 heavy (non-hydrogen) atoms. The third-order valence-corrected chi connectivity index (χ3v) is 2.33. The molecule has 4 N–H and O–H groups in total. The molecule has 5 nitrogen and oxygen atoms in total. The number of furan rings is 1. The Morgan fingerprint density at radius 1 is 1.59 bits per heavy atom. The van der Waals surface area contributed by atoms with Gasteiger partial charge in [-0.15, -0.1) is 0 Å². The molecule has 5 heteroatoms. The van der Waals surface area contributed by atoms with Gasteiger partial charge in [0.2, 0.25) is 0 Å². The van der Waals surface area contributed by atoms with Crippen LogP contribution in [0.4, 0.5) is 0 Å². The number of hydrogen-bond acceptors (Lipinski definition) is 3. The minimum atomic E-state index is -0.740. The van der Waals surface area contributed by atoms with E-state index in [0.717, 1.165) is 13.0 Å². The predicted octanol–water partition coefficient (Wildman–Crippen LogP) is 1.26. The fourth-order valence-electron chi connectivity index (χ4n) is 1.30. The van der Waals surface area contributed by atoms with Gasteiger partial charge in [-0.3, -0.25) is 4.99 Å². The van der Waals surface area contributed by atoms with Gasteiger partial charge < -0.3 is 20.6 Å². The maximum atomic E-state index is 9.69. The Labute approximate surface area is 102 Å². The quantitative estimate of drug-likeness (QED) is 0.515. The Balaban J connectivity index is 2.27. The minimum Gasteiger partial charge on any atom is -0.467 e. The highest BCUT2D eigenvalue weighted by atomic mass is 16.4. The Morgan fingerprint density at radius 2 is 2.35 bits per heavy atom. The molecule has 0 aromatic carbocycles. The SMILES string of the molecule is CC(C)CCNC(N)=NCC(O)c1ccco1. The second-order valence-corrected chi connectivity index (χ2v) is 4.37. The molecule has 1 aromatic heterocycles. The van der Waals surface area contributed by atoms with E-state index in [-0.39, 0.29) is 6.54 Å². The van der Waals surface area contributed by atoms with Gasteiger partial charge in [-0.1, -0.05) is 13.8 Å². The summed E-state index contributed by atoms with van der Waals surface area (Å²) in [6.07, 6.45) is 1.82. The Hall–Kier alpha value is -1.49. The minimum absolute atomic E-state index is 0.202. The molecule has 0 aliphatic heterocycles. The van der Waals surface area contributed by atoms with Gasteiger partial charge in [-0.2, -0.15) is 0 Å². The van der Waals surface area contributed by atoms with E-state index < -0.39 is 6.10 Å². The molecular weight excluding hydrogens is 218 g/mol. The van der Waals surface area contributed by atoms with Crippen LogP contribution in [0.2, 0.25) is 0 Å². The number of aliphatic hydroxyl groups excluding tert-OH is 1. The van der Waals surface area contributed by atoms with Crippen molar-refractivity contribution in [2.24, 2.45) is 16.6 Å². The first-order chi connectivity index (χ1) is 8.09. The summed E-state index contributed by atoms with van der Waals surface area (Å²) in [6, 6.07) is 3.44. The number of aliphatic hydroxyl groups is 1. The zero-order chi connectivity index (χ0) is 12.7. The second-order valence-electron chi connectivity index (χ2n) is 4.37. The smallest absolute Gasteiger partial charge is 0.188 e. The van der Waals surface area contributed by atoms with E-state index in [1.807, 2.05) is 0 Å². The maximum absolute atomic E-state index is 9.69. The van der Waals surface area contributed by atoms with Crippen molar-refractivity contribution < 1.29 is 9.52 Å². The summed E-state index contributed by atoms with van der Waals surface area (Å²) in [5.41, 5.74) is 5.66. The van der Waals surface area contributed by atoms with Crippen molar-refractivity contribution in [1.29, 1.82) is 0 Å². The molecule has 1 aromatic rings. The molecule has 1 rings (SSSR count). The number of nitrogens with zero attached hydrogens (tertiary/aromatic N) is 1. The van der Waals surface area contributed by atoms with Gasteiger partial charge in [-0.05, 0) is 24.5 Å². The number of aliphatic imine (C=N–C) groups is 1. The summed E-state index contributed by atoms with van der Waals surface area (Å²) in [7, 11) is 0. The molecule has 1 unspecified atom stereocenters. The molecule has 0 saturated heterocycles. The average Bonchev–Trinajstić information content (AvgIpc) is 2.78.